The van der Waals surface area contributed by atoms with E-state index in [-0.39, 0.29) is 6.10 Å². The van der Waals surface area contributed by atoms with Gasteiger partial charge in [-0.1, -0.05) is 32.6 Å². The molecule has 0 aliphatic carbocycles. The summed E-state index contributed by atoms with van der Waals surface area (Å²) >= 11 is 0. The van der Waals surface area contributed by atoms with Crippen LogP contribution in [0.15, 0.2) is 0 Å². The lowest BCUT2D eigenvalue weighted by molar-refractivity contribution is -1.09. The smallest absolute Gasteiger partial charge is 0.418 e. The average molecular weight is 333 g/mol. The largest absolute Gasteiger partial charge is 0.673 e. The predicted octanol–water partition coefficient (Wildman–Crippen LogP) is 4.43. The second kappa shape index (κ2) is 13.1. The van der Waals surface area contributed by atoms with Crippen molar-refractivity contribution in [2.75, 3.05) is 26.7 Å². The molecular formula is C14H32BF4NO2. The molecule has 136 valence electrons. The molecule has 0 aromatic carbocycles. The van der Waals surface area contributed by atoms with Gasteiger partial charge in [0.05, 0.1) is 7.05 Å². The normalized spacial score (nSPS) is 15.7. The van der Waals surface area contributed by atoms with E-state index in [1.54, 1.807) is 0 Å². The summed E-state index contributed by atoms with van der Waals surface area (Å²) in [4.78, 5) is 5.75. The Morgan fingerprint density at radius 2 is 1.45 bits per heavy atom. The number of rotatable bonds is 11. The minimum Gasteiger partial charge on any atom is -0.418 e. The maximum atomic E-state index is 9.75. The monoisotopic (exact) mass is 333 g/mol. The van der Waals surface area contributed by atoms with E-state index in [0.29, 0.717) is 17.8 Å². The van der Waals surface area contributed by atoms with E-state index in [1.807, 2.05) is 13.8 Å². The zero-order chi connectivity index (χ0) is 17.6. The van der Waals surface area contributed by atoms with Gasteiger partial charge in [-0.05, 0) is 26.7 Å². The van der Waals surface area contributed by atoms with Crippen LogP contribution < -0.4 is 0 Å². The highest BCUT2D eigenvalue weighted by Gasteiger charge is 2.24. The molecule has 0 saturated heterocycles. The Bertz CT molecular complexity index is 249. The van der Waals surface area contributed by atoms with Crippen molar-refractivity contribution >= 4 is 7.25 Å². The van der Waals surface area contributed by atoms with Crippen molar-refractivity contribution in [2.24, 2.45) is 0 Å². The first-order valence-corrected chi connectivity index (χ1v) is 8.08. The number of hydrogen-bond acceptors (Lipinski definition) is 2. The zero-order valence-corrected chi connectivity index (χ0v) is 14.3. The molecule has 0 radical (unpaired) electrons. The molecule has 3 nitrogen and oxygen atoms in total. The van der Waals surface area contributed by atoms with Gasteiger partial charge in [0.25, 0.3) is 0 Å². The molecule has 0 spiro atoms. The van der Waals surface area contributed by atoms with E-state index < -0.39 is 7.25 Å². The van der Waals surface area contributed by atoms with Crippen LogP contribution >= 0.6 is 0 Å². The summed E-state index contributed by atoms with van der Waals surface area (Å²) in [6, 6.07) is 0. The van der Waals surface area contributed by atoms with Crippen LogP contribution in [0.2, 0.25) is 0 Å². The van der Waals surface area contributed by atoms with Crippen molar-refractivity contribution in [3.63, 3.8) is 0 Å². The number of halogens is 4. The Kier molecular flexibility index (Phi) is 14.3. The lowest BCUT2D eigenvalue weighted by atomic mass is 10.1. The van der Waals surface area contributed by atoms with E-state index in [9.17, 15) is 22.4 Å². The summed E-state index contributed by atoms with van der Waals surface area (Å²) in [5.74, 6) is 0. The van der Waals surface area contributed by atoms with Gasteiger partial charge in [-0.25, -0.2) is 4.84 Å². The van der Waals surface area contributed by atoms with Crippen molar-refractivity contribution in [3.8, 4) is 0 Å². The quantitative estimate of drug-likeness (QED) is 0.199. The van der Waals surface area contributed by atoms with E-state index in [2.05, 4.69) is 14.0 Å². The van der Waals surface area contributed by atoms with Gasteiger partial charge in [0.1, 0.15) is 25.8 Å². The van der Waals surface area contributed by atoms with Crippen LogP contribution in [0.25, 0.3) is 0 Å². The summed E-state index contributed by atoms with van der Waals surface area (Å²) in [6.07, 6.45) is 7.50. The van der Waals surface area contributed by atoms with Crippen molar-refractivity contribution in [3.05, 3.63) is 0 Å². The molecule has 0 saturated carbocycles. The average Bonchev–Trinajstić information content (AvgIpc) is 2.30. The molecule has 8 heteroatoms. The van der Waals surface area contributed by atoms with Crippen molar-refractivity contribution in [1.82, 2.24) is 0 Å². The van der Waals surface area contributed by atoms with Gasteiger partial charge >= 0.3 is 7.25 Å². The number of aliphatic hydroxyl groups is 1. The fourth-order valence-electron chi connectivity index (χ4n) is 2.31. The molecule has 0 aliphatic rings. The van der Waals surface area contributed by atoms with Gasteiger partial charge < -0.3 is 22.4 Å². The number of aliphatic hydroxyl groups excluding tert-OH is 1. The van der Waals surface area contributed by atoms with E-state index in [4.69, 9.17) is 4.84 Å². The molecule has 2 atom stereocenters. The van der Waals surface area contributed by atoms with E-state index in [0.717, 1.165) is 6.54 Å². The van der Waals surface area contributed by atoms with Crippen LogP contribution in [0.5, 0.6) is 0 Å². The molecule has 2 unspecified atom stereocenters. The fraction of sp³-hybridized carbons (Fsp3) is 1.00. The van der Waals surface area contributed by atoms with Crippen LogP contribution in [0, 0.1) is 0 Å². The SMILES string of the molecule is CCCCCCCC[N+](C)(CC(C)O)OCC.F[B-](F)(F)F. The summed E-state index contributed by atoms with van der Waals surface area (Å²) in [6.45, 7) is 8.48. The number of quaternary nitrogens is 1. The highest BCUT2D eigenvalue weighted by Crippen LogP contribution is 2.12. The van der Waals surface area contributed by atoms with Gasteiger partial charge in [-0.2, -0.15) is 4.65 Å². The topological polar surface area (TPSA) is 29.5 Å². The van der Waals surface area contributed by atoms with Crippen LogP contribution in [0.3, 0.4) is 0 Å². The van der Waals surface area contributed by atoms with Crippen LogP contribution in [-0.2, 0) is 4.84 Å². The minimum atomic E-state index is -6.00. The van der Waals surface area contributed by atoms with Crippen LogP contribution in [0.4, 0.5) is 17.3 Å². The maximum absolute atomic E-state index is 9.75. The zero-order valence-electron chi connectivity index (χ0n) is 14.3. The second-order valence-electron chi connectivity index (χ2n) is 5.73. The molecule has 0 bridgehead atoms. The van der Waals surface area contributed by atoms with Crippen molar-refractivity contribution in [1.29, 1.82) is 0 Å². The Balaban J connectivity index is 0. The molecular weight excluding hydrogens is 301 g/mol. The lowest BCUT2D eigenvalue weighted by Gasteiger charge is -2.32. The number of hydrogen-bond donors (Lipinski definition) is 1. The van der Waals surface area contributed by atoms with Gasteiger partial charge in [-0.15, -0.1) is 0 Å². The highest BCUT2D eigenvalue weighted by molar-refractivity contribution is 6.50. The molecule has 0 aliphatic heterocycles. The Morgan fingerprint density at radius 3 is 1.86 bits per heavy atom. The lowest BCUT2D eigenvalue weighted by Crippen LogP contribution is -2.48. The van der Waals surface area contributed by atoms with Gasteiger partial charge in [0.15, 0.2) is 0 Å². The molecule has 0 amide bonds. The molecule has 22 heavy (non-hydrogen) atoms. The Hall–Kier alpha value is -0.335. The number of likely N-dealkylation sites (N-methyl/N-ethyl adjacent to an activating group) is 1. The molecule has 0 rings (SSSR count). The third kappa shape index (κ3) is 22.0. The molecule has 1 N–H and O–H groups in total. The second-order valence-corrected chi connectivity index (χ2v) is 5.73. The highest BCUT2D eigenvalue weighted by atomic mass is 19.5. The first kappa shape index (κ1) is 23.9. The summed E-state index contributed by atoms with van der Waals surface area (Å²) in [5.41, 5.74) is 0. The summed E-state index contributed by atoms with van der Waals surface area (Å²) in [5, 5.41) is 9.49. The molecule has 0 aromatic heterocycles. The maximum Gasteiger partial charge on any atom is 0.673 e. The predicted molar refractivity (Wildman–Crippen MR) is 82.8 cm³/mol. The number of hydroxylamine groups is 3. The van der Waals surface area contributed by atoms with Crippen molar-refractivity contribution < 1.29 is 31.9 Å². The third-order valence-electron chi connectivity index (χ3n) is 3.08. The number of unbranched alkanes of at least 4 members (excludes halogenated alkanes) is 5. The van der Waals surface area contributed by atoms with Crippen LogP contribution in [0.1, 0.15) is 59.3 Å². The third-order valence-corrected chi connectivity index (χ3v) is 3.08. The number of nitrogens with zero attached hydrogens (tertiary/aromatic N) is 1. The minimum absolute atomic E-state index is 0.299. The summed E-state index contributed by atoms with van der Waals surface area (Å²) in [7, 11) is -3.93. The molecule has 0 fully saturated rings. The first-order chi connectivity index (χ1) is 10.0. The van der Waals surface area contributed by atoms with E-state index in [1.165, 1.54) is 38.5 Å². The molecule has 0 heterocycles. The van der Waals surface area contributed by atoms with Crippen LogP contribution in [-0.4, -0.2) is 49.9 Å². The fourth-order valence-corrected chi connectivity index (χ4v) is 2.31. The standard InChI is InChI=1S/C14H32NO2.BF4/c1-5-7-8-9-10-11-12-15(4,17-6-2)13-14(3)16;2-1(3,4)5/h14,16H,5-13H2,1-4H3;/q+1;-1. The Morgan fingerprint density at radius 1 is 1.00 bits per heavy atom. The van der Waals surface area contributed by atoms with Crippen molar-refractivity contribution in [2.45, 2.75) is 65.4 Å². The van der Waals surface area contributed by atoms with Gasteiger partial charge in [0.2, 0.25) is 0 Å². The van der Waals surface area contributed by atoms with E-state index >= 15 is 0 Å². The molecule has 0 aromatic rings. The van der Waals surface area contributed by atoms with Gasteiger partial charge in [-0.3, -0.25) is 0 Å². The van der Waals surface area contributed by atoms with Gasteiger partial charge in [0, 0.05) is 0 Å². The summed E-state index contributed by atoms with van der Waals surface area (Å²) < 4.78 is 39.5. The Labute approximate surface area is 132 Å². The first-order valence-electron chi connectivity index (χ1n) is 8.08.